The largest absolute Gasteiger partial charge is 0.484 e. The maximum absolute atomic E-state index is 12.8. The van der Waals surface area contributed by atoms with Crippen molar-refractivity contribution in [2.24, 2.45) is 0 Å². The zero-order valence-corrected chi connectivity index (χ0v) is 14.2. The Morgan fingerprint density at radius 1 is 1.17 bits per heavy atom. The minimum Gasteiger partial charge on any atom is -0.484 e. The third kappa shape index (κ3) is 4.24. The van der Waals surface area contributed by atoms with E-state index in [1.165, 1.54) is 24.3 Å². The number of piperazine rings is 1. The van der Waals surface area contributed by atoms with Crippen molar-refractivity contribution in [3.8, 4) is 5.75 Å². The number of ether oxygens (including phenoxy) is 1. The van der Waals surface area contributed by atoms with E-state index in [4.69, 9.17) is 4.74 Å². The molecule has 0 spiro atoms. The van der Waals surface area contributed by atoms with Crippen molar-refractivity contribution in [2.75, 3.05) is 44.3 Å². The Hall–Kier alpha value is -1.67. The highest BCUT2D eigenvalue weighted by molar-refractivity contribution is 7.91. The first-order valence-corrected chi connectivity index (χ1v) is 9.86. The van der Waals surface area contributed by atoms with Crippen molar-refractivity contribution in [3.63, 3.8) is 0 Å². The maximum atomic E-state index is 12.8. The molecule has 24 heavy (non-hydrogen) atoms. The number of amides is 1. The number of carbonyl (C=O) groups excluding carboxylic acids is 1. The summed E-state index contributed by atoms with van der Waals surface area (Å²) in [5, 5.41) is 0. The van der Waals surface area contributed by atoms with Crippen LogP contribution in [0.25, 0.3) is 0 Å². The van der Waals surface area contributed by atoms with E-state index in [2.05, 4.69) is 4.90 Å². The zero-order valence-electron chi connectivity index (χ0n) is 13.4. The van der Waals surface area contributed by atoms with Gasteiger partial charge in [-0.1, -0.05) is 0 Å². The molecule has 8 heteroatoms. The Morgan fingerprint density at radius 2 is 1.83 bits per heavy atom. The molecular weight excluding hydrogens is 335 g/mol. The molecule has 0 aromatic heterocycles. The molecule has 2 heterocycles. The van der Waals surface area contributed by atoms with Crippen molar-refractivity contribution >= 4 is 15.7 Å². The van der Waals surface area contributed by atoms with Crippen LogP contribution in [0.1, 0.15) is 6.42 Å². The number of nitrogens with zero attached hydrogens (tertiary/aromatic N) is 2. The summed E-state index contributed by atoms with van der Waals surface area (Å²) in [6.07, 6.45) is 0.684. The third-order valence-electron chi connectivity index (χ3n) is 4.57. The van der Waals surface area contributed by atoms with E-state index in [0.717, 1.165) is 0 Å². The molecule has 0 aliphatic carbocycles. The first-order valence-electron chi connectivity index (χ1n) is 8.03. The normalized spacial score (nSPS) is 24.0. The molecule has 2 aliphatic heterocycles. The Labute approximate surface area is 141 Å². The van der Waals surface area contributed by atoms with Gasteiger partial charge in [0.25, 0.3) is 5.91 Å². The number of rotatable bonds is 4. The van der Waals surface area contributed by atoms with Crippen molar-refractivity contribution in [1.29, 1.82) is 0 Å². The molecule has 0 bridgehead atoms. The van der Waals surface area contributed by atoms with Crippen LogP contribution < -0.4 is 4.74 Å². The molecule has 3 rings (SSSR count). The zero-order chi connectivity index (χ0) is 17.2. The molecule has 1 aromatic rings. The van der Waals surface area contributed by atoms with Gasteiger partial charge in [0.2, 0.25) is 0 Å². The molecule has 0 radical (unpaired) electrons. The van der Waals surface area contributed by atoms with Crippen molar-refractivity contribution in [1.82, 2.24) is 9.80 Å². The second-order valence-electron chi connectivity index (χ2n) is 6.22. The van der Waals surface area contributed by atoms with Crippen LogP contribution >= 0.6 is 0 Å². The summed E-state index contributed by atoms with van der Waals surface area (Å²) in [5.74, 6) is 0.494. The van der Waals surface area contributed by atoms with Gasteiger partial charge in [-0.05, 0) is 30.7 Å². The molecule has 1 atom stereocenters. The molecule has 6 nitrogen and oxygen atoms in total. The summed E-state index contributed by atoms with van der Waals surface area (Å²) in [4.78, 5) is 16.1. The second kappa shape index (κ2) is 7.06. The minimum atomic E-state index is -2.89. The van der Waals surface area contributed by atoms with Crippen LogP contribution in [0.5, 0.6) is 5.75 Å². The SMILES string of the molecule is O=C(COc1ccc(F)cc1)N1CCN([C@H]2CCS(=O)(=O)C2)CC1. The highest BCUT2D eigenvalue weighted by atomic mass is 32.2. The summed E-state index contributed by atoms with van der Waals surface area (Å²) < 4.78 is 41.3. The molecular formula is C16H21FN2O4S. The van der Waals surface area contributed by atoms with Crippen LogP contribution in [-0.2, 0) is 14.6 Å². The fraction of sp³-hybridized carbons (Fsp3) is 0.562. The maximum Gasteiger partial charge on any atom is 0.260 e. The monoisotopic (exact) mass is 356 g/mol. The first-order chi connectivity index (χ1) is 11.4. The molecule has 0 N–H and O–H groups in total. The van der Waals surface area contributed by atoms with Crippen LogP contribution in [0.3, 0.4) is 0 Å². The van der Waals surface area contributed by atoms with E-state index < -0.39 is 9.84 Å². The van der Waals surface area contributed by atoms with E-state index in [1.54, 1.807) is 4.90 Å². The number of sulfone groups is 1. The van der Waals surface area contributed by atoms with Gasteiger partial charge in [0.1, 0.15) is 11.6 Å². The lowest BCUT2D eigenvalue weighted by Gasteiger charge is -2.37. The number of benzene rings is 1. The number of hydrogen-bond acceptors (Lipinski definition) is 5. The topological polar surface area (TPSA) is 66.9 Å². The van der Waals surface area contributed by atoms with Crippen LogP contribution in [0, 0.1) is 5.82 Å². The molecule has 0 unspecified atom stereocenters. The summed E-state index contributed by atoms with van der Waals surface area (Å²) >= 11 is 0. The molecule has 132 valence electrons. The standard InChI is InChI=1S/C16H21FN2O4S/c17-13-1-3-15(4-2-13)23-11-16(20)19-8-6-18(7-9-19)14-5-10-24(21,22)12-14/h1-4,14H,5-12H2/t14-/m0/s1. The van der Waals surface area contributed by atoms with Crippen LogP contribution in [0.15, 0.2) is 24.3 Å². The number of halogens is 1. The second-order valence-corrected chi connectivity index (χ2v) is 8.44. The van der Waals surface area contributed by atoms with Gasteiger partial charge in [0.05, 0.1) is 11.5 Å². The van der Waals surface area contributed by atoms with Crippen molar-refractivity contribution in [2.45, 2.75) is 12.5 Å². The number of carbonyl (C=O) groups is 1. The Morgan fingerprint density at radius 3 is 2.42 bits per heavy atom. The first kappa shape index (κ1) is 17.2. The molecule has 2 saturated heterocycles. The van der Waals surface area contributed by atoms with Gasteiger partial charge in [-0.15, -0.1) is 0 Å². The Bertz CT molecular complexity index is 685. The average Bonchev–Trinajstić information content (AvgIpc) is 2.94. The molecule has 2 aliphatic rings. The van der Waals surface area contributed by atoms with E-state index in [0.29, 0.717) is 38.3 Å². The molecule has 1 aromatic carbocycles. The smallest absolute Gasteiger partial charge is 0.260 e. The van der Waals surface area contributed by atoms with Gasteiger partial charge < -0.3 is 9.64 Å². The van der Waals surface area contributed by atoms with Gasteiger partial charge in [-0.2, -0.15) is 0 Å². The summed E-state index contributed by atoms with van der Waals surface area (Å²) in [6, 6.07) is 5.63. The van der Waals surface area contributed by atoms with Crippen LogP contribution in [-0.4, -0.2) is 74.5 Å². The van der Waals surface area contributed by atoms with E-state index in [9.17, 15) is 17.6 Å². The van der Waals surface area contributed by atoms with Crippen LogP contribution in [0.4, 0.5) is 4.39 Å². The van der Waals surface area contributed by atoms with Gasteiger partial charge in [-0.25, -0.2) is 12.8 Å². The summed E-state index contributed by atoms with van der Waals surface area (Å²) in [5.41, 5.74) is 0. The van der Waals surface area contributed by atoms with Crippen molar-refractivity contribution < 1.29 is 22.3 Å². The molecule has 0 saturated carbocycles. The van der Waals surface area contributed by atoms with Gasteiger partial charge in [-0.3, -0.25) is 9.69 Å². The molecule has 1 amide bonds. The minimum absolute atomic E-state index is 0.0799. The highest BCUT2D eigenvalue weighted by Crippen LogP contribution is 2.19. The summed E-state index contributed by atoms with van der Waals surface area (Å²) in [7, 11) is -2.89. The Kier molecular flexibility index (Phi) is 5.05. The predicted molar refractivity (Wildman–Crippen MR) is 87.1 cm³/mol. The summed E-state index contributed by atoms with van der Waals surface area (Å²) in [6.45, 7) is 2.43. The van der Waals surface area contributed by atoms with E-state index in [1.807, 2.05) is 0 Å². The quantitative estimate of drug-likeness (QED) is 0.788. The van der Waals surface area contributed by atoms with Gasteiger partial charge in [0, 0.05) is 32.2 Å². The lowest BCUT2D eigenvalue weighted by atomic mass is 10.2. The van der Waals surface area contributed by atoms with Crippen LogP contribution in [0.2, 0.25) is 0 Å². The predicted octanol–water partition coefficient (Wildman–Crippen LogP) is 0.536. The highest BCUT2D eigenvalue weighted by Gasteiger charge is 2.34. The molecule has 2 fully saturated rings. The Balaban J connectivity index is 1.44. The third-order valence-corrected chi connectivity index (χ3v) is 6.32. The van der Waals surface area contributed by atoms with Crippen molar-refractivity contribution in [3.05, 3.63) is 30.1 Å². The lowest BCUT2D eigenvalue weighted by Crippen LogP contribution is -2.53. The average molecular weight is 356 g/mol. The van der Waals surface area contributed by atoms with Gasteiger partial charge >= 0.3 is 0 Å². The van der Waals surface area contributed by atoms with Gasteiger partial charge in [0.15, 0.2) is 16.4 Å². The lowest BCUT2D eigenvalue weighted by molar-refractivity contribution is -0.135. The fourth-order valence-electron chi connectivity index (χ4n) is 3.17. The number of hydrogen-bond donors (Lipinski definition) is 0. The van der Waals surface area contributed by atoms with E-state index in [-0.39, 0.29) is 35.9 Å². The van der Waals surface area contributed by atoms with E-state index >= 15 is 0 Å². The fourth-order valence-corrected chi connectivity index (χ4v) is 4.93.